The highest BCUT2D eigenvalue weighted by Crippen LogP contribution is 2.39. The Labute approximate surface area is 166 Å². The minimum atomic E-state index is -0.158. The van der Waals surface area contributed by atoms with E-state index >= 15 is 0 Å². The van der Waals surface area contributed by atoms with Crippen molar-refractivity contribution in [2.24, 2.45) is 17.8 Å². The predicted molar refractivity (Wildman–Crippen MR) is 115 cm³/mol. The van der Waals surface area contributed by atoms with E-state index in [0.29, 0.717) is 5.92 Å². The van der Waals surface area contributed by atoms with Gasteiger partial charge in [0.1, 0.15) is 5.82 Å². The summed E-state index contributed by atoms with van der Waals surface area (Å²) >= 11 is 0. The number of benzene rings is 1. The molecule has 3 rings (SSSR count). The number of halogens is 1. The smallest absolute Gasteiger partial charge is 0.123 e. The van der Waals surface area contributed by atoms with Crippen molar-refractivity contribution in [1.29, 1.82) is 0 Å². The molecule has 148 valence electrons. The van der Waals surface area contributed by atoms with E-state index in [-0.39, 0.29) is 5.82 Å². The zero-order valence-corrected chi connectivity index (χ0v) is 17.1. The molecule has 0 amide bonds. The van der Waals surface area contributed by atoms with E-state index in [4.69, 9.17) is 0 Å². The standard InChI is InChI=1S/C26H37F/c1-2-3-4-5-6-7-8-21-9-11-22(12-10-21)23-13-15-24(16-14-23)25-17-19-26(27)20-18-25/h13,15-23H,2-12,14H2,1H3. The van der Waals surface area contributed by atoms with Gasteiger partial charge in [-0.2, -0.15) is 0 Å². The van der Waals surface area contributed by atoms with Gasteiger partial charge in [0.2, 0.25) is 0 Å². The molecular formula is C26H37F. The Balaban J connectivity index is 1.36. The van der Waals surface area contributed by atoms with Gasteiger partial charge in [-0.3, -0.25) is 0 Å². The van der Waals surface area contributed by atoms with Gasteiger partial charge in [-0.25, -0.2) is 4.39 Å². The maximum Gasteiger partial charge on any atom is 0.123 e. The van der Waals surface area contributed by atoms with Crippen LogP contribution in [0.25, 0.3) is 5.57 Å². The zero-order chi connectivity index (χ0) is 18.9. The lowest BCUT2D eigenvalue weighted by Gasteiger charge is -2.33. The van der Waals surface area contributed by atoms with E-state index in [1.165, 1.54) is 76.2 Å². The first-order chi connectivity index (χ1) is 13.3. The molecule has 27 heavy (non-hydrogen) atoms. The third kappa shape index (κ3) is 6.33. The van der Waals surface area contributed by atoms with Gasteiger partial charge in [-0.1, -0.05) is 95.1 Å². The molecule has 0 heterocycles. The van der Waals surface area contributed by atoms with Gasteiger partial charge >= 0.3 is 0 Å². The molecule has 1 heteroatoms. The quantitative estimate of drug-likeness (QED) is 0.384. The first kappa shape index (κ1) is 20.4. The molecule has 2 aliphatic carbocycles. The summed E-state index contributed by atoms with van der Waals surface area (Å²) in [5, 5.41) is 0. The second-order valence-electron chi connectivity index (χ2n) is 8.76. The summed E-state index contributed by atoms with van der Waals surface area (Å²) in [5.74, 6) is 2.41. The highest BCUT2D eigenvalue weighted by molar-refractivity contribution is 5.74. The van der Waals surface area contributed by atoms with Gasteiger partial charge in [0.25, 0.3) is 0 Å². The largest absolute Gasteiger partial charge is 0.207 e. The number of rotatable bonds is 9. The minimum absolute atomic E-state index is 0.158. The van der Waals surface area contributed by atoms with Crippen LogP contribution in [0, 0.1) is 23.6 Å². The van der Waals surface area contributed by atoms with Gasteiger partial charge in [0, 0.05) is 0 Å². The van der Waals surface area contributed by atoms with Crippen molar-refractivity contribution in [2.45, 2.75) is 84.0 Å². The maximum absolute atomic E-state index is 13.1. The molecule has 0 bridgehead atoms. The van der Waals surface area contributed by atoms with Crippen molar-refractivity contribution in [2.75, 3.05) is 0 Å². The highest BCUT2D eigenvalue weighted by Gasteiger charge is 2.26. The van der Waals surface area contributed by atoms with E-state index in [9.17, 15) is 4.39 Å². The van der Waals surface area contributed by atoms with Crippen LogP contribution in [0.1, 0.15) is 89.5 Å². The van der Waals surface area contributed by atoms with Crippen LogP contribution >= 0.6 is 0 Å². The van der Waals surface area contributed by atoms with Crippen LogP contribution in [0.3, 0.4) is 0 Å². The number of allylic oxidation sites excluding steroid dienone is 4. The maximum atomic E-state index is 13.1. The Morgan fingerprint density at radius 2 is 1.59 bits per heavy atom. The topological polar surface area (TPSA) is 0 Å². The lowest BCUT2D eigenvalue weighted by atomic mass is 9.72. The monoisotopic (exact) mass is 368 g/mol. The van der Waals surface area contributed by atoms with Gasteiger partial charge in [-0.15, -0.1) is 0 Å². The second-order valence-corrected chi connectivity index (χ2v) is 8.76. The molecule has 0 spiro atoms. The zero-order valence-electron chi connectivity index (χ0n) is 17.1. The Kier molecular flexibility index (Phi) is 8.17. The Morgan fingerprint density at radius 3 is 2.26 bits per heavy atom. The first-order valence-corrected chi connectivity index (χ1v) is 11.4. The highest BCUT2D eigenvalue weighted by atomic mass is 19.1. The van der Waals surface area contributed by atoms with Crippen LogP contribution in [0.4, 0.5) is 4.39 Å². The van der Waals surface area contributed by atoms with Crippen molar-refractivity contribution in [3.8, 4) is 0 Å². The summed E-state index contributed by atoms with van der Waals surface area (Å²) < 4.78 is 13.1. The molecule has 1 aromatic carbocycles. The van der Waals surface area contributed by atoms with Crippen molar-refractivity contribution in [3.05, 3.63) is 53.9 Å². The molecule has 2 aliphatic rings. The van der Waals surface area contributed by atoms with Crippen molar-refractivity contribution >= 4 is 5.57 Å². The van der Waals surface area contributed by atoms with Crippen molar-refractivity contribution < 1.29 is 4.39 Å². The fourth-order valence-corrected chi connectivity index (χ4v) is 4.96. The number of hydrogen-bond acceptors (Lipinski definition) is 0. The van der Waals surface area contributed by atoms with Crippen LogP contribution in [0.15, 0.2) is 42.5 Å². The summed E-state index contributed by atoms with van der Waals surface area (Å²) in [5.41, 5.74) is 2.39. The lowest BCUT2D eigenvalue weighted by molar-refractivity contribution is 0.218. The molecule has 0 nitrogen and oxygen atoms in total. The van der Waals surface area contributed by atoms with Crippen LogP contribution in [0.2, 0.25) is 0 Å². The molecule has 1 atom stereocenters. The summed E-state index contributed by atoms with van der Waals surface area (Å²) in [6, 6.07) is 6.89. The van der Waals surface area contributed by atoms with Gasteiger partial charge in [0.05, 0.1) is 0 Å². The van der Waals surface area contributed by atoms with Crippen LogP contribution in [-0.2, 0) is 0 Å². The minimum Gasteiger partial charge on any atom is -0.207 e. The van der Waals surface area contributed by atoms with Gasteiger partial charge < -0.3 is 0 Å². The Bertz CT molecular complexity index is 602. The third-order valence-corrected chi connectivity index (χ3v) is 6.77. The molecule has 0 aromatic heterocycles. The van der Waals surface area contributed by atoms with Crippen molar-refractivity contribution in [1.82, 2.24) is 0 Å². The van der Waals surface area contributed by atoms with Crippen LogP contribution in [-0.4, -0.2) is 0 Å². The first-order valence-electron chi connectivity index (χ1n) is 11.4. The lowest BCUT2D eigenvalue weighted by Crippen LogP contribution is -2.21. The molecule has 1 saturated carbocycles. The normalized spacial score (nSPS) is 25.4. The van der Waals surface area contributed by atoms with Crippen molar-refractivity contribution in [3.63, 3.8) is 0 Å². The fraction of sp³-hybridized carbons (Fsp3) is 0.615. The van der Waals surface area contributed by atoms with Gasteiger partial charge in [0.15, 0.2) is 0 Å². The average Bonchev–Trinajstić information content (AvgIpc) is 2.72. The summed E-state index contributed by atoms with van der Waals surface area (Å²) in [4.78, 5) is 0. The molecule has 0 radical (unpaired) electrons. The SMILES string of the molecule is CCCCCCCCC1CCC(C2C=CC(c3ccc(F)cc3)=CC2)CC1. The van der Waals surface area contributed by atoms with Crippen LogP contribution in [0.5, 0.6) is 0 Å². The summed E-state index contributed by atoms with van der Waals surface area (Å²) in [6.45, 7) is 2.29. The second kappa shape index (κ2) is 10.8. The average molecular weight is 369 g/mol. The Morgan fingerprint density at radius 1 is 0.889 bits per heavy atom. The molecule has 1 unspecified atom stereocenters. The molecule has 0 N–H and O–H groups in total. The molecule has 0 aliphatic heterocycles. The number of hydrogen-bond donors (Lipinski definition) is 0. The summed E-state index contributed by atoms with van der Waals surface area (Å²) in [6.07, 6.45) is 23.9. The molecule has 1 aromatic rings. The van der Waals surface area contributed by atoms with Crippen LogP contribution < -0.4 is 0 Å². The predicted octanol–water partition coefficient (Wildman–Crippen LogP) is 8.34. The number of unbranched alkanes of at least 4 members (excludes halogenated alkanes) is 5. The van der Waals surface area contributed by atoms with E-state index in [1.54, 1.807) is 12.1 Å². The fourth-order valence-electron chi connectivity index (χ4n) is 4.96. The van der Waals surface area contributed by atoms with E-state index in [2.05, 4.69) is 25.2 Å². The molecule has 1 fully saturated rings. The summed E-state index contributed by atoms with van der Waals surface area (Å²) in [7, 11) is 0. The third-order valence-electron chi connectivity index (χ3n) is 6.77. The van der Waals surface area contributed by atoms with E-state index < -0.39 is 0 Å². The van der Waals surface area contributed by atoms with E-state index in [0.717, 1.165) is 23.8 Å². The van der Waals surface area contributed by atoms with E-state index in [1.807, 2.05) is 12.1 Å². The molecule has 0 saturated heterocycles. The van der Waals surface area contributed by atoms with Gasteiger partial charge in [-0.05, 0) is 60.3 Å². The molecular weight excluding hydrogens is 331 g/mol. The Hall–Kier alpha value is -1.37.